The molecule has 2 aliphatic rings. The summed E-state index contributed by atoms with van der Waals surface area (Å²) in [5.74, 6) is 0.0419. The fourth-order valence-corrected chi connectivity index (χ4v) is 2.72. The van der Waals surface area contributed by atoms with Gasteiger partial charge in [0.05, 0.1) is 5.92 Å². The zero-order valence-electron chi connectivity index (χ0n) is 10.0. The number of aliphatic carboxylic acids is 1. The summed E-state index contributed by atoms with van der Waals surface area (Å²) in [6, 6.07) is 0. The summed E-state index contributed by atoms with van der Waals surface area (Å²) in [5, 5.41) is 11.8. The van der Waals surface area contributed by atoms with Gasteiger partial charge in [0.1, 0.15) is 0 Å². The highest BCUT2D eigenvalue weighted by Crippen LogP contribution is 2.23. The van der Waals surface area contributed by atoms with Crippen LogP contribution in [0, 0.1) is 11.8 Å². The Morgan fingerprint density at radius 1 is 1.35 bits per heavy atom. The van der Waals surface area contributed by atoms with Crippen LogP contribution in [-0.2, 0) is 9.59 Å². The lowest BCUT2D eigenvalue weighted by molar-refractivity contribution is -0.137. The predicted octanol–water partition coefficient (Wildman–Crippen LogP) is 0.309. The van der Waals surface area contributed by atoms with E-state index in [9.17, 15) is 9.59 Å². The van der Waals surface area contributed by atoms with Crippen LogP contribution >= 0.6 is 0 Å². The Labute approximate surface area is 101 Å². The summed E-state index contributed by atoms with van der Waals surface area (Å²) in [5.41, 5.74) is 0. The molecule has 2 rings (SSSR count). The van der Waals surface area contributed by atoms with Gasteiger partial charge in [-0.05, 0) is 31.7 Å². The number of hydrogen-bond donors (Lipinski definition) is 2. The van der Waals surface area contributed by atoms with Crippen molar-refractivity contribution in [3.8, 4) is 0 Å². The van der Waals surface area contributed by atoms with E-state index in [4.69, 9.17) is 5.11 Å². The molecule has 0 spiro atoms. The zero-order valence-corrected chi connectivity index (χ0v) is 10.0. The van der Waals surface area contributed by atoms with Crippen LogP contribution in [0.5, 0.6) is 0 Å². The topological polar surface area (TPSA) is 69.6 Å². The lowest BCUT2D eigenvalue weighted by Gasteiger charge is -2.20. The Morgan fingerprint density at radius 3 is 2.82 bits per heavy atom. The summed E-state index contributed by atoms with van der Waals surface area (Å²) in [6.07, 6.45) is 2.81. The van der Waals surface area contributed by atoms with Crippen molar-refractivity contribution in [3.63, 3.8) is 0 Å². The van der Waals surface area contributed by atoms with Gasteiger partial charge in [-0.2, -0.15) is 0 Å². The minimum Gasteiger partial charge on any atom is -0.481 e. The average Bonchev–Trinajstić information content (AvgIpc) is 2.97. The minimum atomic E-state index is -0.741. The van der Waals surface area contributed by atoms with E-state index in [-0.39, 0.29) is 18.2 Å². The highest BCUT2D eigenvalue weighted by atomic mass is 16.4. The van der Waals surface area contributed by atoms with Gasteiger partial charge in [-0.1, -0.05) is 0 Å². The summed E-state index contributed by atoms with van der Waals surface area (Å²) in [7, 11) is 0. The Morgan fingerprint density at radius 2 is 2.18 bits per heavy atom. The van der Waals surface area contributed by atoms with Crippen LogP contribution < -0.4 is 5.32 Å². The number of carbonyl (C=O) groups is 2. The van der Waals surface area contributed by atoms with Crippen molar-refractivity contribution in [1.82, 2.24) is 10.2 Å². The maximum Gasteiger partial charge on any atom is 0.303 e. The van der Waals surface area contributed by atoms with E-state index in [1.54, 1.807) is 0 Å². The van der Waals surface area contributed by atoms with Gasteiger partial charge in [0, 0.05) is 26.1 Å². The van der Waals surface area contributed by atoms with Gasteiger partial charge in [0.25, 0.3) is 0 Å². The molecule has 5 heteroatoms. The highest BCUT2D eigenvalue weighted by Gasteiger charge is 2.32. The lowest BCUT2D eigenvalue weighted by atomic mass is 10.0. The monoisotopic (exact) mass is 240 g/mol. The van der Waals surface area contributed by atoms with Gasteiger partial charge >= 0.3 is 5.97 Å². The number of hydrogen-bond acceptors (Lipinski definition) is 3. The number of carboxylic acids is 1. The fourth-order valence-electron chi connectivity index (χ4n) is 2.72. The molecular weight excluding hydrogens is 220 g/mol. The van der Waals surface area contributed by atoms with Gasteiger partial charge in [-0.3, -0.25) is 9.59 Å². The third-order valence-corrected chi connectivity index (χ3v) is 3.77. The van der Waals surface area contributed by atoms with E-state index >= 15 is 0 Å². The van der Waals surface area contributed by atoms with Crippen molar-refractivity contribution in [2.75, 3.05) is 26.2 Å². The maximum atomic E-state index is 12.1. The Hall–Kier alpha value is -1.10. The van der Waals surface area contributed by atoms with Crippen molar-refractivity contribution in [2.45, 2.75) is 25.7 Å². The molecule has 0 aromatic carbocycles. The summed E-state index contributed by atoms with van der Waals surface area (Å²) < 4.78 is 0. The number of nitrogens with one attached hydrogen (secondary N) is 1. The average molecular weight is 240 g/mol. The maximum absolute atomic E-state index is 12.1. The Balaban J connectivity index is 1.76. The molecule has 5 nitrogen and oxygen atoms in total. The second kappa shape index (κ2) is 5.49. The molecule has 0 aromatic heterocycles. The molecule has 0 aliphatic carbocycles. The second-order valence-corrected chi connectivity index (χ2v) is 5.06. The molecule has 96 valence electrons. The molecular formula is C12H20N2O3. The first-order chi connectivity index (χ1) is 8.16. The number of rotatable bonds is 4. The van der Waals surface area contributed by atoms with Crippen LogP contribution in [0.15, 0.2) is 0 Å². The third-order valence-electron chi connectivity index (χ3n) is 3.77. The number of carbonyl (C=O) groups excluding carboxylic acids is 1. The van der Waals surface area contributed by atoms with Crippen molar-refractivity contribution >= 4 is 11.9 Å². The van der Waals surface area contributed by atoms with E-state index in [2.05, 4.69) is 5.32 Å². The van der Waals surface area contributed by atoms with E-state index in [1.165, 1.54) is 0 Å². The fraction of sp³-hybridized carbons (Fsp3) is 0.833. The van der Waals surface area contributed by atoms with Crippen LogP contribution in [-0.4, -0.2) is 48.1 Å². The van der Waals surface area contributed by atoms with Crippen LogP contribution in [0.1, 0.15) is 25.7 Å². The summed E-state index contributed by atoms with van der Waals surface area (Å²) in [4.78, 5) is 24.5. The molecule has 0 bridgehead atoms. The molecule has 1 amide bonds. The molecule has 2 fully saturated rings. The van der Waals surface area contributed by atoms with E-state index in [1.807, 2.05) is 4.90 Å². The van der Waals surface area contributed by atoms with Gasteiger partial charge in [0.2, 0.25) is 5.91 Å². The van der Waals surface area contributed by atoms with E-state index in [0.717, 1.165) is 39.0 Å². The third kappa shape index (κ3) is 3.19. The highest BCUT2D eigenvalue weighted by molar-refractivity contribution is 5.79. The molecule has 0 radical (unpaired) electrons. The van der Waals surface area contributed by atoms with Crippen LogP contribution in [0.4, 0.5) is 0 Å². The van der Waals surface area contributed by atoms with Crippen molar-refractivity contribution < 1.29 is 14.7 Å². The van der Waals surface area contributed by atoms with Gasteiger partial charge in [-0.15, -0.1) is 0 Å². The van der Waals surface area contributed by atoms with E-state index in [0.29, 0.717) is 12.3 Å². The standard InChI is InChI=1S/C12H20N2O3/c15-11(16)2-1-9-4-6-14(8-9)12(17)10-3-5-13-7-10/h9-10,13H,1-8H2,(H,15,16). The normalized spacial score (nSPS) is 28.6. The molecule has 2 heterocycles. The summed E-state index contributed by atoms with van der Waals surface area (Å²) >= 11 is 0. The van der Waals surface area contributed by atoms with Crippen LogP contribution in [0.3, 0.4) is 0 Å². The van der Waals surface area contributed by atoms with Crippen LogP contribution in [0.2, 0.25) is 0 Å². The zero-order chi connectivity index (χ0) is 12.3. The molecule has 0 aromatic rings. The first-order valence-electron chi connectivity index (χ1n) is 6.38. The number of nitrogens with zero attached hydrogens (tertiary/aromatic N) is 1. The number of likely N-dealkylation sites (tertiary alicyclic amines) is 1. The molecule has 17 heavy (non-hydrogen) atoms. The lowest BCUT2D eigenvalue weighted by Crippen LogP contribution is -2.35. The predicted molar refractivity (Wildman–Crippen MR) is 62.5 cm³/mol. The minimum absolute atomic E-state index is 0.147. The van der Waals surface area contributed by atoms with Gasteiger partial charge < -0.3 is 15.3 Å². The molecule has 0 saturated carbocycles. The largest absolute Gasteiger partial charge is 0.481 e. The quantitative estimate of drug-likeness (QED) is 0.742. The van der Waals surface area contributed by atoms with Gasteiger partial charge in [0.15, 0.2) is 0 Å². The molecule has 2 saturated heterocycles. The molecule has 2 atom stereocenters. The van der Waals surface area contributed by atoms with E-state index < -0.39 is 5.97 Å². The van der Waals surface area contributed by atoms with Crippen molar-refractivity contribution in [3.05, 3.63) is 0 Å². The smallest absolute Gasteiger partial charge is 0.303 e. The Kier molecular flexibility index (Phi) is 3.99. The van der Waals surface area contributed by atoms with Crippen LogP contribution in [0.25, 0.3) is 0 Å². The van der Waals surface area contributed by atoms with Crippen molar-refractivity contribution in [1.29, 1.82) is 0 Å². The molecule has 2 unspecified atom stereocenters. The molecule has 2 N–H and O–H groups in total. The Bertz CT molecular complexity index is 300. The number of amides is 1. The summed E-state index contributed by atoms with van der Waals surface area (Å²) in [6.45, 7) is 3.30. The molecule has 2 aliphatic heterocycles. The number of carboxylic acid groups (broad SMARTS) is 1. The SMILES string of the molecule is O=C(O)CCC1CCN(C(=O)C2CCNC2)C1. The van der Waals surface area contributed by atoms with Gasteiger partial charge in [-0.25, -0.2) is 0 Å². The second-order valence-electron chi connectivity index (χ2n) is 5.06. The first-order valence-corrected chi connectivity index (χ1v) is 6.38. The first kappa shape index (κ1) is 12.4. The van der Waals surface area contributed by atoms with Crippen molar-refractivity contribution in [2.24, 2.45) is 11.8 Å².